The van der Waals surface area contributed by atoms with Crippen molar-refractivity contribution < 1.29 is 0 Å². The summed E-state index contributed by atoms with van der Waals surface area (Å²) in [7, 11) is 0. The van der Waals surface area contributed by atoms with Crippen molar-refractivity contribution in [3.05, 3.63) is 41.3 Å². The van der Waals surface area contributed by atoms with Gasteiger partial charge < -0.3 is 0 Å². The molecule has 0 N–H and O–H groups in total. The topological polar surface area (TPSA) is 0 Å². The van der Waals surface area contributed by atoms with E-state index in [2.05, 4.69) is 36.4 Å². The summed E-state index contributed by atoms with van der Waals surface area (Å²) in [6.45, 7) is 0. The second kappa shape index (κ2) is 3.95. The predicted octanol–water partition coefficient (Wildman–Crippen LogP) is 4.15. The number of hydrogen-bond acceptors (Lipinski definition) is 1. The van der Waals surface area contributed by atoms with Crippen molar-refractivity contribution in [3.63, 3.8) is 0 Å². The minimum absolute atomic E-state index is 0.578. The van der Waals surface area contributed by atoms with Gasteiger partial charge in [-0.25, -0.2) is 0 Å². The fourth-order valence-electron chi connectivity index (χ4n) is 1.25. The van der Waals surface area contributed by atoms with Crippen LogP contribution in [0.4, 0.5) is 0 Å². The zero-order chi connectivity index (χ0) is 9.10. The Hall–Kier alpha value is -0.790. The number of halogens is 1. The highest BCUT2D eigenvalue weighted by atomic mass is 35.5. The molecule has 1 aromatic carbocycles. The highest BCUT2D eigenvalue weighted by Crippen LogP contribution is 2.25. The van der Waals surface area contributed by atoms with E-state index in [1.807, 2.05) is 6.08 Å². The number of rotatable bonds is 2. The van der Waals surface area contributed by atoms with E-state index in [1.165, 1.54) is 15.0 Å². The number of allylic oxidation sites excluding steroid dienone is 1. The monoisotopic (exact) mass is 208 g/mol. The minimum Gasteiger partial charge on any atom is -0.136 e. The van der Waals surface area contributed by atoms with E-state index in [9.17, 15) is 0 Å². The third kappa shape index (κ3) is 1.93. The Morgan fingerprint density at radius 2 is 2.15 bits per heavy atom. The van der Waals surface area contributed by atoms with E-state index in [-0.39, 0.29) is 0 Å². The maximum absolute atomic E-state index is 5.57. The maximum atomic E-state index is 5.57. The molecule has 0 fully saturated rings. The lowest BCUT2D eigenvalue weighted by molar-refractivity contribution is 1.79. The molecular weight excluding hydrogens is 200 g/mol. The fourth-order valence-corrected chi connectivity index (χ4v) is 2.33. The summed E-state index contributed by atoms with van der Waals surface area (Å²) in [4.78, 5) is 1.27. The number of fused-ring (bicyclic) bond motifs is 1. The van der Waals surface area contributed by atoms with Gasteiger partial charge in [0.15, 0.2) is 0 Å². The molecular formula is C11H9ClS. The van der Waals surface area contributed by atoms with Crippen LogP contribution in [0.5, 0.6) is 0 Å². The second-order valence-corrected chi connectivity index (χ2v) is 4.17. The number of hydrogen-bond donors (Lipinski definition) is 0. The molecule has 0 bridgehead atoms. The first kappa shape index (κ1) is 8.79. The van der Waals surface area contributed by atoms with Crippen LogP contribution < -0.4 is 0 Å². The maximum Gasteiger partial charge on any atom is 0.0407 e. The second-order valence-electron chi connectivity index (χ2n) is 2.74. The summed E-state index contributed by atoms with van der Waals surface area (Å²) in [5.74, 6) is 0.578. The van der Waals surface area contributed by atoms with Gasteiger partial charge in [-0.15, -0.1) is 22.9 Å². The van der Waals surface area contributed by atoms with Crippen molar-refractivity contribution in [2.24, 2.45) is 0 Å². The standard InChI is InChI=1S/C11H9ClS/c12-7-3-5-10-8-9-4-1-2-6-11(9)13-10/h1-6,8H,7H2. The Kier molecular flexibility index (Phi) is 2.67. The molecule has 0 nitrogen and oxygen atoms in total. The van der Waals surface area contributed by atoms with Gasteiger partial charge in [-0.1, -0.05) is 24.3 Å². The number of benzene rings is 1. The fraction of sp³-hybridized carbons (Fsp3) is 0.0909. The van der Waals surface area contributed by atoms with E-state index in [0.29, 0.717) is 5.88 Å². The third-order valence-corrected chi connectivity index (χ3v) is 3.08. The van der Waals surface area contributed by atoms with Gasteiger partial charge in [0.05, 0.1) is 0 Å². The van der Waals surface area contributed by atoms with Crippen molar-refractivity contribution in [3.8, 4) is 0 Å². The molecule has 0 amide bonds. The van der Waals surface area contributed by atoms with Gasteiger partial charge in [0, 0.05) is 15.5 Å². The first-order valence-electron chi connectivity index (χ1n) is 4.11. The van der Waals surface area contributed by atoms with Crippen LogP contribution in [0.3, 0.4) is 0 Å². The van der Waals surface area contributed by atoms with Crippen LogP contribution in [-0.2, 0) is 0 Å². The van der Waals surface area contributed by atoms with Crippen LogP contribution in [0, 0.1) is 0 Å². The van der Waals surface area contributed by atoms with Gasteiger partial charge in [0.2, 0.25) is 0 Å². The highest BCUT2D eigenvalue weighted by Gasteiger charge is 1.96. The molecule has 0 unspecified atom stereocenters. The summed E-state index contributed by atoms with van der Waals surface area (Å²) in [5, 5.41) is 1.31. The van der Waals surface area contributed by atoms with E-state index in [4.69, 9.17) is 11.6 Å². The van der Waals surface area contributed by atoms with Gasteiger partial charge in [-0.05, 0) is 23.6 Å². The van der Waals surface area contributed by atoms with E-state index in [0.717, 1.165) is 0 Å². The Labute approximate surface area is 86.5 Å². The molecule has 0 saturated carbocycles. The molecule has 0 aliphatic rings. The van der Waals surface area contributed by atoms with E-state index < -0.39 is 0 Å². The number of alkyl halides is 1. The molecule has 2 aromatic rings. The molecule has 2 rings (SSSR count). The zero-order valence-electron chi connectivity index (χ0n) is 7.03. The Bertz CT molecular complexity index is 395. The average molecular weight is 209 g/mol. The molecule has 13 heavy (non-hydrogen) atoms. The van der Waals surface area contributed by atoms with Crippen LogP contribution in [-0.4, -0.2) is 5.88 Å². The molecule has 66 valence electrons. The van der Waals surface area contributed by atoms with Crippen molar-refractivity contribution in [1.82, 2.24) is 0 Å². The summed E-state index contributed by atoms with van der Waals surface area (Å²) >= 11 is 7.36. The van der Waals surface area contributed by atoms with Crippen molar-refractivity contribution in [2.75, 3.05) is 5.88 Å². The molecule has 0 saturated heterocycles. The van der Waals surface area contributed by atoms with Gasteiger partial charge in [0.1, 0.15) is 0 Å². The smallest absolute Gasteiger partial charge is 0.0407 e. The minimum atomic E-state index is 0.578. The zero-order valence-corrected chi connectivity index (χ0v) is 8.61. The average Bonchev–Trinajstić information content (AvgIpc) is 2.57. The molecule has 0 aliphatic heterocycles. The molecule has 0 spiro atoms. The van der Waals surface area contributed by atoms with E-state index in [1.54, 1.807) is 11.3 Å². The molecule has 1 aromatic heterocycles. The highest BCUT2D eigenvalue weighted by molar-refractivity contribution is 7.19. The lowest BCUT2D eigenvalue weighted by atomic mass is 10.2. The van der Waals surface area contributed by atoms with Crippen molar-refractivity contribution in [1.29, 1.82) is 0 Å². The van der Waals surface area contributed by atoms with Crippen LogP contribution in [0.15, 0.2) is 36.4 Å². The third-order valence-electron chi connectivity index (χ3n) is 1.82. The first-order chi connectivity index (χ1) is 6.40. The van der Waals surface area contributed by atoms with Gasteiger partial charge >= 0.3 is 0 Å². The SMILES string of the molecule is ClCC=Cc1cc2ccccc2s1. The molecule has 0 radical (unpaired) electrons. The van der Waals surface area contributed by atoms with Gasteiger partial charge in [0.25, 0.3) is 0 Å². The summed E-state index contributed by atoms with van der Waals surface area (Å²) in [6.07, 6.45) is 4.03. The predicted molar refractivity (Wildman–Crippen MR) is 61.6 cm³/mol. The molecule has 0 aliphatic carbocycles. The normalized spacial score (nSPS) is 11.5. The van der Waals surface area contributed by atoms with Crippen LogP contribution in [0.2, 0.25) is 0 Å². The lowest BCUT2D eigenvalue weighted by Crippen LogP contribution is -1.59. The van der Waals surface area contributed by atoms with E-state index >= 15 is 0 Å². The van der Waals surface area contributed by atoms with Gasteiger partial charge in [-0.3, -0.25) is 0 Å². The van der Waals surface area contributed by atoms with Crippen molar-refractivity contribution >= 4 is 39.1 Å². The quantitative estimate of drug-likeness (QED) is 0.651. The Morgan fingerprint density at radius 1 is 1.31 bits per heavy atom. The Morgan fingerprint density at radius 3 is 2.92 bits per heavy atom. The van der Waals surface area contributed by atoms with Gasteiger partial charge in [-0.2, -0.15) is 0 Å². The van der Waals surface area contributed by atoms with Crippen molar-refractivity contribution in [2.45, 2.75) is 0 Å². The molecule has 2 heteroatoms. The summed E-state index contributed by atoms with van der Waals surface area (Å²) in [5.41, 5.74) is 0. The Balaban J connectivity index is 2.44. The summed E-state index contributed by atoms with van der Waals surface area (Å²) < 4.78 is 1.33. The summed E-state index contributed by atoms with van der Waals surface area (Å²) in [6, 6.07) is 10.6. The van der Waals surface area contributed by atoms with Crippen LogP contribution in [0.1, 0.15) is 4.88 Å². The first-order valence-corrected chi connectivity index (χ1v) is 5.46. The van der Waals surface area contributed by atoms with Crippen LogP contribution >= 0.6 is 22.9 Å². The lowest BCUT2D eigenvalue weighted by Gasteiger charge is -1.82. The molecule has 1 heterocycles. The molecule has 0 atom stereocenters. The number of thiophene rings is 1. The largest absolute Gasteiger partial charge is 0.136 e. The van der Waals surface area contributed by atoms with Crippen LogP contribution in [0.25, 0.3) is 16.2 Å².